The molecule has 0 radical (unpaired) electrons. The van der Waals surface area contributed by atoms with E-state index in [4.69, 9.17) is 22.0 Å². The summed E-state index contributed by atoms with van der Waals surface area (Å²) in [6.45, 7) is 0.434. The van der Waals surface area contributed by atoms with Gasteiger partial charge in [0.25, 0.3) is 0 Å². The molecular formula is C12H11ClN2O2. The van der Waals surface area contributed by atoms with Crippen molar-refractivity contribution in [2.24, 2.45) is 5.92 Å². The first-order valence-corrected chi connectivity index (χ1v) is 5.64. The summed E-state index contributed by atoms with van der Waals surface area (Å²) in [5.41, 5.74) is 0.947. The zero-order valence-corrected chi connectivity index (χ0v) is 9.81. The lowest BCUT2D eigenvalue weighted by atomic mass is 10.1. The molecule has 1 heterocycles. The maximum Gasteiger partial charge on any atom is 0.227 e. The van der Waals surface area contributed by atoms with Crippen molar-refractivity contribution in [2.45, 2.75) is 6.42 Å². The fourth-order valence-electron chi connectivity index (χ4n) is 1.97. The highest BCUT2D eigenvalue weighted by molar-refractivity contribution is 6.30. The van der Waals surface area contributed by atoms with Crippen LogP contribution in [-0.2, 0) is 4.79 Å². The van der Waals surface area contributed by atoms with E-state index in [0.717, 1.165) is 0 Å². The van der Waals surface area contributed by atoms with E-state index in [0.29, 0.717) is 29.2 Å². The molecule has 1 aromatic rings. The first-order chi connectivity index (χ1) is 8.15. The fraction of sp³-hybridized carbons (Fsp3) is 0.333. The van der Waals surface area contributed by atoms with Crippen molar-refractivity contribution in [3.05, 3.63) is 28.8 Å². The summed E-state index contributed by atoms with van der Waals surface area (Å²) in [5, 5.41) is 18.5. The van der Waals surface area contributed by atoms with Crippen LogP contribution >= 0.6 is 11.6 Å². The number of carbonyl (C=O) groups excluding carboxylic acids is 1. The molecule has 1 unspecified atom stereocenters. The number of hydrogen-bond donors (Lipinski definition) is 1. The van der Waals surface area contributed by atoms with E-state index in [1.54, 1.807) is 12.1 Å². The predicted molar refractivity (Wildman–Crippen MR) is 63.7 cm³/mol. The van der Waals surface area contributed by atoms with E-state index in [2.05, 4.69) is 0 Å². The molecule has 0 aromatic heterocycles. The topological polar surface area (TPSA) is 64.3 Å². The second kappa shape index (κ2) is 4.74. The molecule has 1 aliphatic rings. The average Bonchev–Trinajstić information content (AvgIpc) is 2.70. The van der Waals surface area contributed by atoms with Crippen LogP contribution in [0.5, 0.6) is 0 Å². The summed E-state index contributed by atoms with van der Waals surface area (Å²) in [4.78, 5) is 13.3. The highest BCUT2D eigenvalue weighted by Gasteiger charge is 2.31. The van der Waals surface area contributed by atoms with Gasteiger partial charge in [-0.3, -0.25) is 4.79 Å². The quantitative estimate of drug-likeness (QED) is 0.866. The molecular weight excluding hydrogens is 240 g/mol. The lowest BCUT2D eigenvalue weighted by molar-refractivity contribution is -0.117. The van der Waals surface area contributed by atoms with Crippen LogP contribution in [0.15, 0.2) is 18.2 Å². The van der Waals surface area contributed by atoms with E-state index in [-0.39, 0.29) is 18.4 Å². The van der Waals surface area contributed by atoms with Crippen LogP contribution < -0.4 is 4.90 Å². The Morgan fingerprint density at radius 2 is 2.35 bits per heavy atom. The molecule has 2 rings (SSSR count). The van der Waals surface area contributed by atoms with E-state index in [9.17, 15) is 4.79 Å². The second-order valence-electron chi connectivity index (χ2n) is 4.03. The number of hydrogen-bond acceptors (Lipinski definition) is 3. The van der Waals surface area contributed by atoms with Crippen LogP contribution in [0.1, 0.15) is 12.0 Å². The van der Waals surface area contributed by atoms with Crippen molar-refractivity contribution >= 4 is 23.2 Å². The number of carbonyl (C=O) groups is 1. The van der Waals surface area contributed by atoms with Crippen molar-refractivity contribution in [1.29, 1.82) is 5.26 Å². The Morgan fingerprint density at radius 1 is 1.59 bits per heavy atom. The maximum absolute atomic E-state index is 11.8. The van der Waals surface area contributed by atoms with Gasteiger partial charge in [0.15, 0.2) is 0 Å². The smallest absolute Gasteiger partial charge is 0.227 e. The van der Waals surface area contributed by atoms with Gasteiger partial charge in [-0.15, -0.1) is 0 Å². The molecule has 1 aromatic carbocycles. The van der Waals surface area contributed by atoms with Gasteiger partial charge in [-0.25, -0.2) is 0 Å². The second-order valence-corrected chi connectivity index (χ2v) is 4.47. The Kier molecular flexibility index (Phi) is 3.32. The first kappa shape index (κ1) is 11.9. The lowest BCUT2D eigenvalue weighted by Gasteiger charge is -2.17. The van der Waals surface area contributed by atoms with Crippen molar-refractivity contribution in [2.75, 3.05) is 18.1 Å². The van der Waals surface area contributed by atoms with Crippen molar-refractivity contribution in [3.63, 3.8) is 0 Å². The van der Waals surface area contributed by atoms with Gasteiger partial charge < -0.3 is 10.0 Å². The molecule has 17 heavy (non-hydrogen) atoms. The van der Waals surface area contributed by atoms with Crippen LogP contribution in [-0.4, -0.2) is 24.2 Å². The first-order valence-electron chi connectivity index (χ1n) is 5.26. The lowest BCUT2D eigenvalue weighted by Crippen LogP contribution is -2.25. The van der Waals surface area contributed by atoms with E-state index < -0.39 is 0 Å². The zero-order valence-electron chi connectivity index (χ0n) is 9.06. The number of halogens is 1. The van der Waals surface area contributed by atoms with Crippen LogP contribution in [0.4, 0.5) is 5.69 Å². The van der Waals surface area contributed by atoms with Gasteiger partial charge in [-0.2, -0.15) is 5.26 Å². The molecule has 4 nitrogen and oxygen atoms in total. The summed E-state index contributed by atoms with van der Waals surface area (Å²) < 4.78 is 0. The molecule has 5 heteroatoms. The number of aliphatic hydroxyl groups is 1. The standard InChI is InChI=1S/C12H11ClN2O2/c13-10-1-2-11(9(4-10)5-14)15-6-8(7-16)3-12(15)17/h1-2,4,8,16H,3,6-7H2. The minimum absolute atomic E-state index is 0.0162. The molecule has 1 fully saturated rings. The Bertz CT molecular complexity index is 496. The Hall–Kier alpha value is -1.57. The summed E-state index contributed by atoms with van der Waals surface area (Å²) in [6, 6.07) is 6.88. The number of anilines is 1. The number of nitrogens with zero attached hydrogens (tertiary/aromatic N) is 2. The third kappa shape index (κ3) is 2.26. The summed E-state index contributed by atoms with van der Waals surface area (Å²) in [6.07, 6.45) is 0.323. The molecule has 0 bridgehead atoms. The zero-order chi connectivity index (χ0) is 12.4. The van der Waals surface area contributed by atoms with Crippen LogP contribution in [0.25, 0.3) is 0 Å². The minimum Gasteiger partial charge on any atom is -0.396 e. The summed E-state index contributed by atoms with van der Waals surface area (Å²) >= 11 is 5.80. The number of rotatable bonds is 2. The largest absolute Gasteiger partial charge is 0.396 e. The van der Waals surface area contributed by atoms with Gasteiger partial charge in [0, 0.05) is 30.5 Å². The van der Waals surface area contributed by atoms with Gasteiger partial charge in [-0.1, -0.05) is 11.6 Å². The highest BCUT2D eigenvalue weighted by atomic mass is 35.5. The molecule has 1 amide bonds. The third-order valence-electron chi connectivity index (χ3n) is 2.83. The number of aliphatic hydroxyl groups excluding tert-OH is 1. The van der Waals surface area contributed by atoms with Crippen LogP contribution in [0.3, 0.4) is 0 Å². The molecule has 1 N–H and O–H groups in total. The minimum atomic E-state index is -0.0668. The van der Waals surface area contributed by atoms with Gasteiger partial charge in [0.05, 0.1) is 11.3 Å². The summed E-state index contributed by atoms with van der Waals surface area (Å²) in [5.74, 6) is -0.118. The molecule has 0 spiro atoms. The number of benzene rings is 1. The number of nitriles is 1. The third-order valence-corrected chi connectivity index (χ3v) is 3.07. The Balaban J connectivity index is 2.35. The van der Waals surface area contributed by atoms with E-state index in [1.165, 1.54) is 11.0 Å². The fourth-order valence-corrected chi connectivity index (χ4v) is 2.14. The normalized spacial score (nSPS) is 19.5. The summed E-state index contributed by atoms with van der Waals surface area (Å²) in [7, 11) is 0. The van der Waals surface area contributed by atoms with Gasteiger partial charge in [-0.05, 0) is 18.2 Å². The van der Waals surface area contributed by atoms with Crippen LogP contribution in [0, 0.1) is 17.2 Å². The maximum atomic E-state index is 11.8. The Labute approximate surface area is 104 Å². The molecule has 88 valence electrons. The molecule has 1 saturated heterocycles. The average molecular weight is 251 g/mol. The van der Waals surface area contributed by atoms with Crippen LogP contribution in [0.2, 0.25) is 5.02 Å². The monoisotopic (exact) mass is 250 g/mol. The van der Waals surface area contributed by atoms with Gasteiger partial charge >= 0.3 is 0 Å². The van der Waals surface area contributed by atoms with E-state index >= 15 is 0 Å². The van der Waals surface area contributed by atoms with E-state index in [1.807, 2.05) is 6.07 Å². The van der Waals surface area contributed by atoms with Crippen molar-refractivity contribution in [3.8, 4) is 6.07 Å². The van der Waals surface area contributed by atoms with Gasteiger partial charge in [0.2, 0.25) is 5.91 Å². The molecule has 0 saturated carbocycles. The highest BCUT2D eigenvalue weighted by Crippen LogP contribution is 2.29. The predicted octanol–water partition coefficient (Wildman–Crippen LogP) is 1.56. The van der Waals surface area contributed by atoms with Gasteiger partial charge in [0.1, 0.15) is 6.07 Å². The van der Waals surface area contributed by atoms with Crippen molar-refractivity contribution < 1.29 is 9.90 Å². The molecule has 1 aliphatic heterocycles. The molecule has 0 aliphatic carbocycles. The van der Waals surface area contributed by atoms with Crippen molar-refractivity contribution in [1.82, 2.24) is 0 Å². The Morgan fingerprint density at radius 3 is 2.94 bits per heavy atom. The SMILES string of the molecule is N#Cc1cc(Cl)ccc1N1CC(CO)CC1=O. The number of amides is 1. The molecule has 1 atom stereocenters.